The van der Waals surface area contributed by atoms with E-state index in [9.17, 15) is 4.79 Å². The molecular formula is C22H37IN4O3. The van der Waals surface area contributed by atoms with Crippen molar-refractivity contribution < 1.29 is 14.3 Å². The number of benzene rings is 1. The lowest BCUT2D eigenvalue weighted by Gasteiger charge is -2.24. The number of carbonyl (C=O) groups excluding carboxylic acids is 1. The Labute approximate surface area is 198 Å². The molecule has 0 aliphatic carbocycles. The van der Waals surface area contributed by atoms with Crippen LogP contribution in [0.15, 0.2) is 35.3 Å². The van der Waals surface area contributed by atoms with E-state index in [1.807, 2.05) is 18.2 Å². The Morgan fingerprint density at radius 3 is 2.70 bits per heavy atom. The highest BCUT2D eigenvalue weighted by Crippen LogP contribution is 2.15. The van der Waals surface area contributed by atoms with Crippen LogP contribution in [0.1, 0.15) is 44.3 Å². The molecule has 1 aromatic rings. The molecule has 2 atom stereocenters. The molecule has 170 valence electrons. The topological polar surface area (TPSA) is 75.2 Å². The van der Waals surface area contributed by atoms with Gasteiger partial charge in [0.05, 0.1) is 12.2 Å². The van der Waals surface area contributed by atoms with Crippen molar-refractivity contribution in [2.45, 2.75) is 44.8 Å². The molecule has 0 saturated carbocycles. The molecule has 1 amide bonds. The van der Waals surface area contributed by atoms with Gasteiger partial charge in [-0.25, -0.2) is 4.99 Å². The lowest BCUT2D eigenvalue weighted by Crippen LogP contribution is -2.43. The summed E-state index contributed by atoms with van der Waals surface area (Å²) in [6, 6.07) is 10.2. The number of nitrogens with zero attached hydrogens (tertiary/aromatic N) is 2. The minimum atomic E-state index is -0.0277. The quantitative estimate of drug-likeness (QED) is 0.210. The van der Waals surface area contributed by atoms with Crippen LogP contribution in [-0.2, 0) is 14.3 Å². The van der Waals surface area contributed by atoms with Gasteiger partial charge in [0.2, 0.25) is 5.91 Å². The number of amides is 1. The summed E-state index contributed by atoms with van der Waals surface area (Å²) >= 11 is 0. The molecule has 2 rings (SSSR count). The fraction of sp³-hybridized carbons (Fsp3) is 0.636. The van der Waals surface area contributed by atoms with E-state index in [2.05, 4.69) is 34.7 Å². The van der Waals surface area contributed by atoms with E-state index in [1.165, 1.54) is 12.0 Å². The Balaban J connectivity index is 0.00000450. The number of aliphatic imine (C=N–C) groups is 1. The Kier molecular flexibility index (Phi) is 13.7. The normalized spacial score (nSPS) is 17.6. The Hall–Kier alpha value is -1.39. The van der Waals surface area contributed by atoms with Crippen LogP contribution >= 0.6 is 24.0 Å². The van der Waals surface area contributed by atoms with Gasteiger partial charge in [-0.2, -0.15) is 0 Å². The van der Waals surface area contributed by atoms with Gasteiger partial charge in [0.1, 0.15) is 6.54 Å². The average Bonchev–Trinajstić information content (AvgIpc) is 2.75. The SMILES string of the molecule is CC(OCCCNC(=NCC(=O)N(C)C)NCC1CCCCO1)c1ccccc1.I. The van der Waals surface area contributed by atoms with Crippen LogP contribution in [0.3, 0.4) is 0 Å². The molecule has 1 aliphatic rings. The van der Waals surface area contributed by atoms with E-state index >= 15 is 0 Å². The molecule has 2 unspecified atom stereocenters. The highest BCUT2D eigenvalue weighted by Gasteiger charge is 2.14. The monoisotopic (exact) mass is 532 g/mol. The lowest BCUT2D eigenvalue weighted by atomic mass is 10.1. The van der Waals surface area contributed by atoms with E-state index in [-0.39, 0.29) is 48.6 Å². The molecule has 0 aromatic heterocycles. The Morgan fingerprint density at radius 1 is 1.27 bits per heavy atom. The molecule has 30 heavy (non-hydrogen) atoms. The predicted octanol–water partition coefficient (Wildman–Crippen LogP) is 2.96. The summed E-state index contributed by atoms with van der Waals surface area (Å²) < 4.78 is 11.7. The number of halogens is 1. The van der Waals surface area contributed by atoms with Gasteiger partial charge in [0.25, 0.3) is 0 Å². The zero-order chi connectivity index (χ0) is 20.9. The second-order valence-electron chi connectivity index (χ2n) is 7.53. The van der Waals surface area contributed by atoms with Crippen LogP contribution < -0.4 is 10.6 Å². The van der Waals surface area contributed by atoms with Crippen molar-refractivity contribution in [3.8, 4) is 0 Å². The number of hydrogen-bond acceptors (Lipinski definition) is 4. The van der Waals surface area contributed by atoms with Gasteiger partial charge in [-0.1, -0.05) is 30.3 Å². The summed E-state index contributed by atoms with van der Waals surface area (Å²) in [7, 11) is 3.47. The van der Waals surface area contributed by atoms with Gasteiger partial charge >= 0.3 is 0 Å². The third kappa shape index (κ3) is 10.6. The number of carbonyl (C=O) groups is 1. The lowest BCUT2D eigenvalue weighted by molar-refractivity contribution is -0.127. The number of ether oxygens (including phenoxy) is 2. The molecule has 0 radical (unpaired) electrons. The summed E-state index contributed by atoms with van der Waals surface area (Å²) in [5, 5.41) is 6.61. The zero-order valence-electron chi connectivity index (χ0n) is 18.4. The van der Waals surface area contributed by atoms with Gasteiger partial charge in [-0.05, 0) is 38.2 Å². The van der Waals surface area contributed by atoms with Gasteiger partial charge in [-0.15, -0.1) is 24.0 Å². The summed E-state index contributed by atoms with van der Waals surface area (Å²) in [4.78, 5) is 17.8. The van der Waals surface area contributed by atoms with Crippen molar-refractivity contribution in [2.24, 2.45) is 4.99 Å². The largest absolute Gasteiger partial charge is 0.376 e. The first-order chi connectivity index (χ1) is 14.1. The van der Waals surface area contributed by atoms with E-state index in [0.29, 0.717) is 19.1 Å². The minimum Gasteiger partial charge on any atom is -0.376 e. The first kappa shape index (κ1) is 26.6. The van der Waals surface area contributed by atoms with Crippen molar-refractivity contribution in [3.05, 3.63) is 35.9 Å². The third-order valence-electron chi connectivity index (χ3n) is 4.89. The second-order valence-corrected chi connectivity index (χ2v) is 7.53. The van der Waals surface area contributed by atoms with E-state index in [0.717, 1.165) is 32.4 Å². The Bertz CT molecular complexity index is 622. The smallest absolute Gasteiger partial charge is 0.243 e. The van der Waals surface area contributed by atoms with Gasteiger partial charge in [-0.3, -0.25) is 4.79 Å². The summed E-state index contributed by atoms with van der Waals surface area (Å²) in [5.41, 5.74) is 1.18. The highest BCUT2D eigenvalue weighted by atomic mass is 127. The molecule has 1 fully saturated rings. The maximum atomic E-state index is 11.9. The van der Waals surface area contributed by atoms with Crippen LogP contribution in [-0.4, -0.2) is 69.8 Å². The second kappa shape index (κ2) is 15.4. The number of hydrogen-bond donors (Lipinski definition) is 2. The van der Waals surface area contributed by atoms with E-state index in [4.69, 9.17) is 9.47 Å². The zero-order valence-corrected chi connectivity index (χ0v) is 20.8. The summed E-state index contributed by atoms with van der Waals surface area (Å²) in [6.07, 6.45) is 4.51. The molecule has 1 aromatic carbocycles. The maximum Gasteiger partial charge on any atom is 0.243 e. The molecule has 1 heterocycles. The minimum absolute atomic E-state index is 0. The number of rotatable bonds is 10. The standard InChI is InChI=1S/C22H36N4O3.HI/c1-18(19-10-5-4-6-11-19)28-15-9-13-23-22(25-17-21(27)26(2)3)24-16-20-12-7-8-14-29-20;/h4-6,10-11,18,20H,7-9,12-17H2,1-3H3,(H2,23,24,25);1H. The van der Waals surface area contributed by atoms with Crippen LogP contribution in [0.2, 0.25) is 0 Å². The summed E-state index contributed by atoms with van der Waals surface area (Å²) in [5.74, 6) is 0.616. The molecule has 0 bridgehead atoms. The van der Waals surface area contributed by atoms with Gasteiger partial charge in [0.15, 0.2) is 5.96 Å². The highest BCUT2D eigenvalue weighted by molar-refractivity contribution is 14.0. The van der Waals surface area contributed by atoms with Gasteiger partial charge < -0.3 is 25.0 Å². The molecule has 2 N–H and O–H groups in total. The first-order valence-electron chi connectivity index (χ1n) is 10.6. The predicted molar refractivity (Wildman–Crippen MR) is 131 cm³/mol. The van der Waals surface area contributed by atoms with Crippen LogP contribution in [0.5, 0.6) is 0 Å². The Morgan fingerprint density at radius 2 is 2.03 bits per heavy atom. The van der Waals surface area contributed by atoms with E-state index in [1.54, 1.807) is 19.0 Å². The van der Waals surface area contributed by atoms with Crippen molar-refractivity contribution in [2.75, 3.05) is 46.9 Å². The average molecular weight is 532 g/mol. The number of nitrogens with one attached hydrogen (secondary N) is 2. The summed E-state index contributed by atoms with van der Waals surface area (Å²) in [6.45, 7) is 5.07. The van der Waals surface area contributed by atoms with Crippen molar-refractivity contribution in [1.82, 2.24) is 15.5 Å². The van der Waals surface area contributed by atoms with Crippen molar-refractivity contribution in [3.63, 3.8) is 0 Å². The van der Waals surface area contributed by atoms with Crippen LogP contribution in [0.4, 0.5) is 0 Å². The number of guanidine groups is 1. The van der Waals surface area contributed by atoms with E-state index < -0.39 is 0 Å². The fourth-order valence-electron chi connectivity index (χ4n) is 3.00. The molecule has 1 aliphatic heterocycles. The van der Waals surface area contributed by atoms with Gasteiger partial charge in [0, 0.05) is 40.4 Å². The first-order valence-corrected chi connectivity index (χ1v) is 10.6. The molecule has 1 saturated heterocycles. The fourth-order valence-corrected chi connectivity index (χ4v) is 3.00. The van der Waals surface area contributed by atoms with Crippen molar-refractivity contribution >= 4 is 35.8 Å². The number of likely N-dealkylation sites (N-methyl/N-ethyl adjacent to an activating group) is 1. The molecular weight excluding hydrogens is 495 g/mol. The molecule has 8 heteroatoms. The third-order valence-corrected chi connectivity index (χ3v) is 4.89. The molecule has 7 nitrogen and oxygen atoms in total. The van der Waals surface area contributed by atoms with Crippen LogP contribution in [0, 0.1) is 0 Å². The maximum absolute atomic E-state index is 11.9. The van der Waals surface area contributed by atoms with Crippen LogP contribution in [0.25, 0.3) is 0 Å². The van der Waals surface area contributed by atoms with Crippen molar-refractivity contribution in [1.29, 1.82) is 0 Å². The molecule has 0 spiro atoms.